The molecule has 1 atom stereocenters. The standard InChI is InChI=1S/C12H20N2O3/c1-17-12(16)10-4-2-3-7-14(10)8-11(15)13-9-5-6-9/h9-10H,2-8H2,1H3,(H,13,15)/t10-/m1/s1. The molecule has 1 saturated heterocycles. The minimum atomic E-state index is -0.237. The van der Waals surface area contributed by atoms with E-state index in [1.54, 1.807) is 0 Å². The molecule has 17 heavy (non-hydrogen) atoms. The van der Waals surface area contributed by atoms with E-state index in [2.05, 4.69) is 5.32 Å². The van der Waals surface area contributed by atoms with E-state index in [4.69, 9.17) is 4.74 Å². The number of amides is 1. The van der Waals surface area contributed by atoms with Crippen molar-refractivity contribution in [1.82, 2.24) is 10.2 Å². The van der Waals surface area contributed by atoms with Gasteiger partial charge >= 0.3 is 5.97 Å². The molecule has 1 heterocycles. The van der Waals surface area contributed by atoms with Crippen LogP contribution in [0.4, 0.5) is 0 Å². The fourth-order valence-electron chi connectivity index (χ4n) is 2.27. The molecule has 0 unspecified atom stereocenters. The Labute approximate surface area is 101 Å². The molecule has 1 aliphatic carbocycles. The number of rotatable bonds is 4. The van der Waals surface area contributed by atoms with Crippen LogP contribution in [-0.4, -0.2) is 49.1 Å². The van der Waals surface area contributed by atoms with E-state index in [1.165, 1.54) is 7.11 Å². The van der Waals surface area contributed by atoms with Crippen molar-refractivity contribution in [3.63, 3.8) is 0 Å². The van der Waals surface area contributed by atoms with Crippen molar-refractivity contribution in [2.24, 2.45) is 0 Å². The van der Waals surface area contributed by atoms with E-state index in [0.717, 1.165) is 38.6 Å². The van der Waals surface area contributed by atoms with Crippen LogP contribution in [-0.2, 0) is 14.3 Å². The predicted molar refractivity (Wildman–Crippen MR) is 62.4 cm³/mol. The zero-order valence-electron chi connectivity index (χ0n) is 10.3. The lowest BCUT2D eigenvalue weighted by Gasteiger charge is -2.32. The summed E-state index contributed by atoms with van der Waals surface area (Å²) in [6.45, 7) is 1.12. The number of piperidine rings is 1. The summed E-state index contributed by atoms with van der Waals surface area (Å²) in [6, 6.07) is 0.141. The number of esters is 1. The van der Waals surface area contributed by atoms with Gasteiger partial charge < -0.3 is 10.1 Å². The van der Waals surface area contributed by atoms with E-state index < -0.39 is 0 Å². The molecule has 1 aliphatic heterocycles. The van der Waals surface area contributed by atoms with Crippen LogP contribution < -0.4 is 5.32 Å². The Morgan fingerprint density at radius 1 is 1.29 bits per heavy atom. The van der Waals surface area contributed by atoms with Gasteiger partial charge in [-0.05, 0) is 32.2 Å². The Kier molecular flexibility index (Phi) is 3.99. The first-order valence-corrected chi connectivity index (χ1v) is 6.32. The fourth-order valence-corrected chi connectivity index (χ4v) is 2.27. The molecule has 0 radical (unpaired) electrons. The molecular weight excluding hydrogens is 220 g/mol. The van der Waals surface area contributed by atoms with E-state index in [0.29, 0.717) is 12.6 Å². The van der Waals surface area contributed by atoms with Crippen molar-refractivity contribution in [1.29, 1.82) is 0 Å². The van der Waals surface area contributed by atoms with E-state index in [9.17, 15) is 9.59 Å². The number of ether oxygens (including phenoxy) is 1. The highest BCUT2D eigenvalue weighted by atomic mass is 16.5. The quantitative estimate of drug-likeness (QED) is 0.718. The van der Waals surface area contributed by atoms with Crippen LogP contribution in [0.1, 0.15) is 32.1 Å². The van der Waals surface area contributed by atoms with Crippen LogP contribution in [0.3, 0.4) is 0 Å². The maximum absolute atomic E-state index is 11.7. The van der Waals surface area contributed by atoms with Crippen molar-refractivity contribution >= 4 is 11.9 Å². The molecule has 0 aromatic carbocycles. The highest BCUT2D eigenvalue weighted by molar-refractivity contribution is 5.81. The maximum atomic E-state index is 11.7. The van der Waals surface area contributed by atoms with Crippen molar-refractivity contribution in [2.45, 2.75) is 44.2 Å². The molecule has 1 amide bonds. The van der Waals surface area contributed by atoms with Gasteiger partial charge in [-0.25, -0.2) is 0 Å². The number of hydrogen-bond acceptors (Lipinski definition) is 4. The minimum Gasteiger partial charge on any atom is -0.468 e. The molecule has 0 aromatic heterocycles. The molecule has 0 aromatic rings. The zero-order valence-corrected chi connectivity index (χ0v) is 10.3. The van der Waals surface area contributed by atoms with Crippen molar-refractivity contribution in [2.75, 3.05) is 20.2 Å². The lowest BCUT2D eigenvalue weighted by Crippen LogP contribution is -2.49. The van der Waals surface area contributed by atoms with Gasteiger partial charge in [-0.15, -0.1) is 0 Å². The number of nitrogens with one attached hydrogen (secondary N) is 1. The van der Waals surface area contributed by atoms with Crippen LogP contribution in [0.15, 0.2) is 0 Å². The van der Waals surface area contributed by atoms with Crippen LogP contribution in [0.25, 0.3) is 0 Å². The monoisotopic (exact) mass is 240 g/mol. The predicted octanol–water partition coefficient (Wildman–Crippen LogP) is 0.293. The number of likely N-dealkylation sites (tertiary alicyclic amines) is 1. The van der Waals surface area contributed by atoms with Crippen molar-refractivity contribution < 1.29 is 14.3 Å². The first-order valence-electron chi connectivity index (χ1n) is 6.32. The van der Waals surface area contributed by atoms with Gasteiger partial charge in [0, 0.05) is 6.04 Å². The molecule has 5 heteroatoms. The largest absolute Gasteiger partial charge is 0.468 e. The number of nitrogens with zero attached hydrogens (tertiary/aromatic N) is 1. The third kappa shape index (κ3) is 3.43. The molecule has 5 nitrogen and oxygen atoms in total. The lowest BCUT2D eigenvalue weighted by atomic mass is 10.0. The maximum Gasteiger partial charge on any atom is 0.323 e. The minimum absolute atomic E-state index is 0.0308. The van der Waals surface area contributed by atoms with E-state index >= 15 is 0 Å². The van der Waals surface area contributed by atoms with E-state index in [-0.39, 0.29) is 17.9 Å². The highest BCUT2D eigenvalue weighted by Gasteiger charge is 2.31. The normalized spacial score (nSPS) is 25.4. The number of methoxy groups -OCH3 is 1. The SMILES string of the molecule is COC(=O)[C@H]1CCCCN1CC(=O)NC1CC1. The molecule has 1 saturated carbocycles. The van der Waals surface area contributed by atoms with Gasteiger partial charge in [-0.1, -0.05) is 6.42 Å². The Bertz CT molecular complexity index is 302. The summed E-state index contributed by atoms with van der Waals surface area (Å²) in [5, 5.41) is 2.95. The summed E-state index contributed by atoms with van der Waals surface area (Å²) < 4.78 is 4.78. The number of carbonyl (C=O) groups is 2. The summed E-state index contributed by atoms with van der Waals surface area (Å²) in [6.07, 6.45) is 5.05. The van der Waals surface area contributed by atoms with E-state index in [1.807, 2.05) is 4.90 Å². The van der Waals surface area contributed by atoms with Crippen LogP contribution >= 0.6 is 0 Å². The average molecular weight is 240 g/mol. The van der Waals surface area contributed by atoms with Crippen LogP contribution in [0, 0.1) is 0 Å². The molecule has 2 aliphatic rings. The van der Waals surface area contributed by atoms with Gasteiger partial charge in [-0.2, -0.15) is 0 Å². The van der Waals surface area contributed by atoms with Crippen molar-refractivity contribution in [3.05, 3.63) is 0 Å². The first-order chi connectivity index (χ1) is 8.20. The third-order valence-corrected chi connectivity index (χ3v) is 3.38. The Balaban J connectivity index is 1.86. The average Bonchev–Trinajstić information content (AvgIpc) is 3.12. The zero-order chi connectivity index (χ0) is 12.3. The van der Waals surface area contributed by atoms with Crippen LogP contribution in [0.5, 0.6) is 0 Å². The molecule has 2 rings (SSSR count). The molecule has 1 N–H and O–H groups in total. The topological polar surface area (TPSA) is 58.6 Å². The summed E-state index contributed by atoms with van der Waals surface area (Å²) in [7, 11) is 1.40. The fraction of sp³-hybridized carbons (Fsp3) is 0.833. The molecule has 0 bridgehead atoms. The second-order valence-electron chi connectivity index (χ2n) is 4.85. The second kappa shape index (κ2) is 5.49. The third-order valence-electron chi connectivity index (χ3n) is 3.38. The molecule has 0 spiro atoms. The first kappa shape index (κ1) is 12.4. The molecular formula is C12H20N2O3. The second-order valence-corrected chi connectivity index (χ2v) is 4.85. The van der Waals surface area contributed by atoms with Crippen LogP contribution in [0.2, 0.25) is 0 Å². The number of carbonyl (C=O) groups excluding carboxylic acids is 2. The lowest BCUT2D eigenvalue weighted by molar-refractivity contribution is -0.148. The molecule has 96 valence electrons. The van der Waals surface area contributed by atoms with Gasteiger partial charge in [0.05, 0.1) is 13.7 Å². The summed E-state index contributed by atoms with van der Waals surface area (Å²) in [5.74, 6) is -0.188. The summed E-state index contributed by atoms with van der Waals surface area (Å²) >= 11 is 0. The summed E-state index contributed by atoms with van der Waals surface area (Å²) in [4.78, 5) is 25.2. The van der Waals surface area contributed by atoms with Gasteiger partial charge in [0.25, 0.3) is 0 Å². The van der Waals surface area contributed by atoms with Gasteiger partial charge in [-0.3, -0.25) is 14.5 Å². The van der Waals surface area contributed by atoms with Gasteiger partial charge in [0.2, 0.25) is 5.91 Å². The number of hydrogen-bond donors (Lipinski definition) is 1. The smallest absolute Gasteiger partial charge is 0.323 e. The van der Waals surface area contributed by atoms with Gasteiger partial charge in [0.1, 0.15) is 6.04 Å². The Morgan fingerprint density at radius 2 is 2.06 bits per heavy atom. The summed E-state index contributed by atoms with van der Waals surface area (Å²) in [5.41, 5.74) is 0. The van der Waals surface area contributed by atoms with Crippen molar-refractivity contribution in [3.8, 4) is 0 Å². The van der Waals surface area contributed by atoms with Gasteiger partial charge in [0.15, 0.2) is 0 Å². The Hall–Kier alpha value is -1.10. The molecule has 2 fully saturated rings. The highest BCUT2D eigenvalue weighted by Crippen LogP contribution is 2.20. The Morgan fingerprint density at radius 3 is 2.71 bits per heavy atom.